The number of aromatic nitrogens is 1. The van der Waals surface area contributed by atoms with Gasteiger partial charge in [-0.05, 0) is 24.6 Å². The smallest absolute Gasteiger partial charge is 0.383 e. The van der Waals surface area contributed by atoms with Crippen molar-refractivity contribution < 1.29 is 13.2 Å². The SMILES string of the molecule is Cc1nc(N)c(C#N)c(-c2ccc(C(F)(F)F)cc2)c1C#N. The Bertz CT molecular complexity index is 771. The summed E-state index contributed by atoms with van der Waals surface area (Å²) >= 11 is 0. The van der Waals surface area contributed by atoms with Crippen LogP contribution in [-0.2, 0) is 6.18 Å². The van der Waals surface area contributed by atoms with Gasteiger partial charge in [-0.2, -0.15) is 23.7 Å². The number of nitriles is 2. The predicted molar refractivity (Wildman–Crippen MR) is 73.3 cm³/mol. The number of hydrogen-bond donors (Lipinski definition) is 1. The predicted octanol–water partition coefficient (Wildman–Crippen LogP) is 3.40. The molecule has 0 aliphatic rings. The van der Waals surface area contributed by atoms with Crippen molar-refractivity contribution in [2.24, 2.45) is 0 Å². The summed E-state index contributed by atoms with van der Waals surface area (Å²) in [7, 11) is 0. The van der Waals surface area contributed by atoms with Gasteiger partial charge in [0.25, 0.3) is 0 Å². The Labute approximate surface area is 124 Å². The van der Waals surface area contributed by atoms with Crippen LogP contribution in [0.5, 0.6) is 0 Å². The van der Waals surface area contributed by atoms with Crippen molar-refractivity contribution in [2.45, 2.75) is 13.1 Å². The number of benzene rings is 1. The topological polar surface area (TPSA) is 86.5 Å². The fourth-order valence-corrected chi connectivity index (χ4v) is 2.09. The van der Waals surface area contributed by atoms with E-state index >= 15 is 0 Å². The first-order valence-electron chi connectivity index (χ1n) is 6.07. The minimum Gasteiger partial charge on any atom is -0.383 e. The van der Waals surface area contributed by atoms with Crippen LogP contribution in [0.4, 0.5) is 19.0 Å². The van der Waals surface area contributed by atoms with E-state index in [0.717, 1.165) is 12.1 Å². The molecular weight excluding hydrogens is 293 g/mol. The number of aryl methyl sites for hydroxylation is 1. The number of nitrogens with two attached hydrogens (primary N) is 1. The zero-order valence-electron chi connectivity index (χ0n) is 11.4. The molecule has 0 fully saturated rings. The molecule has 1 aromatic carbocycles. The van der Waals surface area contributed by atoms with Gasteiger partial charge in [-0.1, -0.05) is 12.1 Å². The van der Waals surface area contributed by atoms with Crippen LogP contribution in [0.2, 0.25) is 0 Å². The highest BCUT2D eigenvalue weighted by Crippen LogP contribution is 2.34. The van der Waals surface area contributed by atoms with Crippen LogP contribution in [0.1, 0.15) is 22.4 Å². The molecule has 0 saturated carbocycles. The monoisotopic (exact) mass is 302 g/mol. The Kier molecular flexibility index (Phi) is 3.75. The molecule has 0 atom stereocenters. The number of hydrogen-bond acceptors (Lipinski definition) is 4. The van der Waals surface area contributed by atoms with Crippen LogP contribution in [0, 0.1) is 29.6 Å². The van der Waals surface area contributed by atoms with Gasteiger partial charge in [0.2, 0.25) is 0 Å². The second kappa shape index (κ2) is 5.38. The molecular formula is C15H9F3N4. The van der Waals surface area contributed by atoms with Crippen molar-refractivity contribution in [1.29, 1.82) is 10.5 Å². The summed E-state index contributed by atoms with van der Waals surface area (Å²) in [6, 6.07) is 7.97. The molecule has 4 nitrogen and oxygen atoms in total. The minimum absolute atomic E-state index is 0.0260. The zero-order chi connectivity index (χ0) is 16.5. The number of nitrogens with zero attached hydrogens (tertiary/aromatic N) is 3. The summed E-state index contributed by atoms with van der Waals surface area (Å²) in [5, 5.41) is 18.4. The summed E-state index contributed by atoms with van der Waals surface area (Å²) in [6.07, 6.45) is -4.46. The number of anilines is 1. The standard InChI is InChI=1S/C15H9F3N4/c1-8-11(6-19)13(12(7-20)14(21)22-8)9-2-4-10(5-3-9)15(16,17)18/h2-5H,1H3,(H2,21,22). The normalized spacial score (nSPS) is 10.8. The Hall–Kier alpha value is -3.06. The van der Waals surface area contributed by atoms with E-state index in [-0.39, 0.29) is 22.5 Å². The number of alkyl halides is 3. The molecule has 1 heterocycles. The van der Waals surface area contributed by atoms with Gasteiger partial charge in [-0.15, -0.1) is 0 Å². The van der Waals surface area contributed by atoms with Gasteiger partial charge in [0.1, 0.15) is 23.5 Å². The summed E-state index contributed by atoms with van der Waals surface area (Å²) < 4.78 is 37.8. The lowest BCUT2D eigenvalue weighted by Crippen LogP contribution is -2.05. The Morgan fingerprint density at radius 2 is 1.59 bits per heavy atom. The van der Waals surface area contributed by atoms with Gasteiger partial charge in [-0.3, -0.25) is 0 Å². The number of halogens is 3. The second-order valence-electron chi connectivity index (χ2n) is 4.51. The number of nitrogen functional groups attached to an aromatic ring is 1. The zero-order valence-corrected chi connectivity index (χ0v) is 11.4. The third-order valence-corrected chi connectivity index (χ3v) is 3.13. The van der Waals surface area contributed by atoms with Gasteiger partial charge < -0.3 is 5.73 Å². The van der Waals surface area contributed by atoms with Crippen LogP contribution < -0.4 is 5.73 Å². The number of pyridine rings is 1. The van der Waals surface area contributed by atoms with Gasteiger partial charge >= 0.3 is 6.18 Å². The van der Waals surface area contributed by atoms with Crippen molar-refractivity contribution in [2.75, 3.05) is 5.73 Å². The maximum absolute atomic E-state index is 12.6. The van der Waals surface area contributed by atoms with Crippen LogP contribution in [0.25, 0.3) is 11.1 Å². The highest BCUT2D eigenvalue weighted by atomic mass is 19.4. The Morgan fingerprint density at radius 1 is 1.05 bits per heavy atom. The van der Waals surface area contributed by atoms with Crippen molar-refractivity contribution >= 4 is 5.82 Å². The van der Waals surface area contributed by atoms with Crippen molar-refractivity contribution in [1.82, 2.24) is 4.98 Å². The van der Waals surface area contributed by atoms with Crippen molar-refractivity contribution in [3.8, 4) is 23.3 Å². The molecule has 0 unspecified atom stereocenters. The van der Waals surface area contributed by atoms with Crippen molar-refractivity contribution in [3.63, 3.8) is 0 Å². The third-order valence-electron chi connectivity index (χ3n) is 3.13. The van der Waals surface area contributed by atoms with E-state index in [4.69, 9.17) is 5.73 Å². The lowest BCUT2D eigenvalue weighted by Gasteiger charge is -2.12. The quantitative estimate of drug-likeness (QED) is 0.874. The average molecular weight is 302 g/mol. The molecule has 2 rings (SSSR count). The van der Waals surface area contributed by atoms with E-state index in [1.807, 2.05) is 12.1 Å². The van der Waals surface area contributed by atoms with Crippen molar-refractivity contribution in [3.05, 3.63) is 46.6 Å². The molecule has 22 heavy (non-hydrogen) atoms. The first-order chi connectivity index (χ1) is 10.3. The highest BCUT2D eigenvalue weighted by molar-refractivity contribution is 5.81. The molecule has 0 spiro atoms. The fraction of sp³-hybridized carbons (Fsp3) is 0.133. The Balaban J connectivity index is 2.73. The number of rotatable bonds is 1. The van der Waals surface area contributed by atoms with Crippen LogP contribution >= 0.6 is 0 Å². The molecule has 0 radical (unpaired) electrons. The largest absolute Gasteiger partial charge is 0.416 e. The maximum atomic E-state index is 12.6. The molecule has 0 saturated heterocycles. The van der Waals surface area contributed by atoms with Gasteiger partial charge in [0.05, 0.1) is 16.8 Å². The Morgan fingerprint density at radius 3 is 2.05 bits per heavy atom. The van der Waals surface area contributed by atoms with E-state index in [0.29, 0.717) is 11.3 Å². The second-order valence-corrected chi connectivity index (χ2v) is 4.51. The van der Waals surface area contributed by atoms with E-state index in [1.165, 1.54) is 12.1 Å². The molecule has 0 amide bonds. The molecule has 0 bridgehead atoms. The third kappa shape index (κ3) is 2.57. The molecule has 2 N–H and O–H groups in total. The summed E-state index contributed by atoms with van der Waals surface area (Å²) in [4.78, 5) is 3.91. The van der Waals surface area contributed by atoms with Gasteiger partial charge in [-0.25, -0.2) is 4.98 Å². The van der Waals surface area contributed by atoms with Gasteiger partial charge in [0, 0.05) is 5.56 Å². The molecule has 1 aromatic heterocycles. The summed E-state index contributed by atoms with van der Waals surface area (Å²) in [5.74, 6) is -0.0612. The van der Waals surface area contributed by atoms with E-state index in [2.05, 4.69) is 4.98 Å². The van der Waals surface area contributed by atoms with Crippen LogP contribution in [-0.4, -0.2) is 4.98 Å². The van der Waals surface area contributed by atoms with Crippen LogP contribution in [0.3, 0.4) is 0 Å². The maximum Gasteiger partial charge on any atom is 0.416 e. The van der Waals surface area contributed by atoms with E-state index in [9.17, 15) is 23.7 Å². The molecule has 0 aliphatic carbocycles. The lowest BCUT2D eigenvalue weighted by molar-refractivity contribution is -0.137. The molecule has 7 heteroatoms. The molecule has 110 valence electrons. The molecule has 0 aliphatic heterocycles. The van der Waals surface area contributed by atoms with Crippen LogP contribution in [0.15, 0.2) is 24.3 Å². The van der Waals surface area contributed by atoms with Gasteiger partial charge in [0.15, 0.2) is 0 Å². The summed E-state index contributed by atoms with van der Waals surface area (Å²) in [6.45, 7) is 1.55. The first kappa shape index (κ1) is 15.3. The highest BCUT2D eigenvalue weighted by Gasteiger charge is 2.30. The fourth-order valence-electron chi connectivity index (χ4n) is 2.09. The van der Waals surface area contributed by atoms with E-state index < -0.39 is 11.7 Å². The average Bonchev–Trinajstić information content (AvgIpc) is 2.46. The first-order valence-corrected chi connectivity index (χ1v) is 6.07. The van der Waals surface area contributed by atoms with E-state index in [1.54, 1.807) is 6.92 Å². The minimum atomic E-state index is -4.46. The lowest BCUT2D eigenvalue weighted by atomic mass is 9.94. The molecule has 2 aromatic rings. The summed E-state index contributed by atoms with van der Waals surface area (Å²) in [5.41, 5.74) is 5.76.